The highest BCUT2D eigenvalue weighted by atomic mass is 79.9. The molecule has 116 valence electrons. The van der Waals surface area contributed by atoms with Gasteiger partial charge in [0.2, 0.25) is 0 Å². The van der Waals surface area contributed by atoms with Gasteiger partial charge in [-0.15, -0.1) is 0 Å². The van der Waals surface area contributed by atoms with E-state index in [9.17, 15) is 4.79 Å². The molecule has 1 heterocycles. The van der Waals surface area contributed by atoms with Crippen molar-refractivity contribution in [2.45, 2.75) is 46.0 Å². The molecule has 1 aliphatic rings. The number of hydrogen-bond donors (Lipinski definition) is 0. The molecule has 0 aromatic heterocycles. The van der Waals surface area contributed by atoms with Crippen LogP contribution in [0.25, 0.3) is 0 Å². The fourth-order valence-corrected chi connectivity index (χ4v) is 3.21. The number of carbonyl (C=O) groups excluding carboxylic acids is 1. The molecule has 1 aliphatic heterocycles. The van der Waals surface area contributed by atoms with Gasteiger partial charge in [-0.05, 0) is 62.9 Å². The summed E-state index contributed by atoms with van der Waals surface area (Å²) < 4.78 is 1.02. The van der Waals surface area contributed by atoms with Gasteiger partial charge in [0.25, 0.3) is 0 Å². The van der Waals surface area contributed by atoms with Crippen LogP contribution in [0.1, 0.15) is 56.3 Å². The molecule has 21 heavy (non-hydrogen) atoms. The SMILES string of the molecule is CC1(C)CCCN(CCCC(=O)c2ccc(Br)cc2)CC1. The Bertz CT molecular complexity index is 467. The van der Waals surface area contributed by atoms with Crippen molar-refractivity contribution in [3.8, 4) is 0 Å². The summed E-state index contributed by atoms with van der Waals surface area (Å²) in [6.45, 7) is 8.16. The fraction of sp³-hybridized carbons (Fsp3) is 0.611. The first kappa shape index (κ1) is 16.7. The third-order valence-corrected chi connectivity index (χ3v) is 5.01. The molecule has 0 N–H and O–H groups in total. The van der Waals surface area contributed by atoms with Crippen molar-refractivity contribution in [1.82, 2.24) is 4.90 Å². The quantitative estimate of drug-likeness (QED) is 0.701. The van der Waals surface area contributed by atoms with Gasteiger partial charge in [-0.25, -0.2) is 0 Å². The third kappa shape index (κ3) is 5.55. The average molecular weight is 352 g/mol. The Balaban J connectivity index is 1.74. The third-order valence-electron chi connectivity index (χ3n) is 4.48. The number of benzene rings is 1. The van der Waals surface area contributed by atoms with Crippen LogP contribution in [0.4, 0.5) is 0 Å². The number of ketones is 1. The van der Waals surface area contributed by atoms with Gasteiger partial charge in [0, 0.05) is 16.5 Å². The lowest BCUT2D eigenvalue weighted by atomic mass is 9.85. The molecule has 0 atom stereocenters. The Morgan fingerprint density at radius 2 is 1.90 bits per heavy atom. The highest BCUT2D eigenvalue weighted by molar-refractivity contribution is 9.10. The summed E-state index contributed by atoms with van der Waals surface area (Å²) in [5, 5.41) is 0. The van der Waals surface area contributed by atoms with E-state index in [1.165, 1.54) is 32.4 Å². The van der Waals surface area contributed by atoms with Crippen LogP contribution >= 0.6 is 15.9 Å². The minimum Gasteiger partial charge on any atom is -0.303 e. The number of rotatable bonds is 5. The maximum atomic E-state index is 12.1. The van der Waals surface area contributed by atoms with Gasteiger partial charge >= 0.3 is 0 Å². The van der Waals surface area contributed by atoms with Crippen molar-refractivity contribution in [2.24, 2.45) is 5.41 Å². The monoisotopic (exact) mass is 351 g/mol. The molecular formula is C18H26BrNO. The lowest BCUT2D eigenvalue weighted by Gasteiger charge is -2.23. The molecule has 0 bridgehead atoms. The van der Waals surface area contributed by atoms with Gasteiger partial charge < -0.3 is 4.90 Å². The standard InChI is InChI=1S/C18H26BrNO/c1-18(2)10-4-13-20(14-11-18)12-3-5-17(21)15-6-8-16(19)9-7-15/h6-9H,3-5,10-14H2,1-2H3. The van der Waals surface area contributed by atoms with Crippen molar-refractivity contribution < 1.29 is 4.79 Å². The summed E-state index contributed by atoms with van der Waals surface area (Å²) in [5.74, 6) is 0.262. The average Bonchev–Trinajstić information content (AvgIpc) is 2.61. The maximum Gasteiger partial charge on any atom is 0.162 e. The zero-order chi connectivity index (χ0) is 15.3. The molecule has 2 rings (SSSR count). The molecular weight excluding hydrogens is 326 g/mol. The first-order valence-corrected chi connectivity index (χ1v) is 8.77. The summed E-state index contributed by atoms with van der Waals surface area (Å²) in [4.78, 5) is 14.7. The number of likely N-dealkylation sites (tertiary alicyclic amines) is 1. The summed E-state index contributed by atoms with van der Waals surface area (Å²) in [6, 6.07) is 7.68. The number of carbonyl (C=O) groups is 1. The van der Waals surface area contributed by atoms with Crippen molar-refractivity contribution in [1.29, 1.82) is 0 Å². The second-order valence-electron chi connectivity index (χ2n) is 6.89. The Morgan fingerprint density at radius 1 is 1.19 bits per heavy atom. The number of Topliss-reactive ketones (excluding diaryl/α,β-unsaturated/α-hetero) is 1. The van der Waals surface area contributed by atoms with Gasteiger partial charge in [0.15, 0.2) is 5.78 Å². The summed E-state index contributed by atoms with van der Waals surface area (Å²) in [6.07, 6.45) is 5.50. The fourth-order valence-electron chi connectivity index (χ4n) is 2.95. The van der Waals surface area contributed by atoms with Crippen molar-refractivity contribution >= 4 is 21.7 Å². The molecule has 0 aliphatic carbocycles. The second-order valence-corrected chi connectivity index (χ2v) is 7.81. The molecule has 2 nitrogen and oxygen atoms in total. The van der Waals surface area contributed by atoms with E-state index in [0.29, 0.717) is 11.8 Å². The predicted octanol–water partition coefficient (Wildman–Crippen LogP) is 4.92. The molecule has 0 unspecified atom stereocenters. The molecule has 1 aromatic rings. The van der Waals surface area contributed by atoms with Gasteiger partial charge in [0.1, 0.15) is 0 Å². The second kappa shape index (κ2) is 7.55. The van der Waals surface area contributed by atoms with Crippen LogP contribution in [0.5, 0.6) is 0 Å². The van der Waals surface area contributed by atoms with Crippen LogP contribution in [0.3, 0.4) is 0 Å². The van der Waals surface area contributed by atoms with E-state index in [1.54, 1.807) is 0 Å². The van der Waals surface area contributed by atoms with Crippen molar-refractivity contribution in [2.75, 3.05) is 19.6 Å². The van der Waals surface area contributed by atoms with Crippen molar-refractivity contribution in [3.63, 3.8) is 0 Å². The zero-order valence-corrected chi connectivity index (χ0v) is 14.8. The van der Waals surface area contributed by atoms with E-state index < -0.39 is 0 Å². The van der Waals surface area contributed by atoms with E-state index in [0.717, 1.165) is 23.0 Å². The van der Waals surface area contributed by atoms with Crippen molar-refractivity contribution in [3.05, 3.63) is 34.3 Å². The van der Waals surface area contributed by atoms with E-state index in [-0.39, 0.29) is 5.78 Å². The van der Waals surface area contributed by atoms with Gasteiger partial charge in [-0.3, -0.25) is 4.79 Å². The van der Waals surface area contributed by atoms with E-state index in [2.05, 4.69) is 34.7 Å². The lowest BCUT2D eigenvalue weighted by molar-refractivity contribution is 0.0974. The normalized spacial score (nSPS) is 19.2. The highest BCUT2D eigenvalue weighted by Crippen LogP contribution is 2.29. The lowest BCUT2D eigenvalue weighted by Crippen LogP contribution is -2.27. The van der Waals surface area contributed by atoms with Crippen LogP contribution in [-0.2, 0) is 0 Å². The van der Waals surface area contributed by atoms with Crippen LogP contribution in [0, 0.1) is 5.41 Å². The molecule has 0 amide bonds. The smallest absolute Gasteiger partial charge is 0.162 e. The van der Waals surface area contributed by atoms with Crippen LogP contribution in [0.15, 0.2) is 28.7 Å². The molecule has 1 aromatic carbocycles. The minimum atomic E-state index is 0.262. The summed E-state index contributed by atoms with van der Waals surface area (Å²) >= 11 is 3.40. The largest absolute Gasteiger partial charge is 0.303 e. The van der Waals surface area contributed by atoms with Crippen LogP contribution in [0.2, 0.25) is 0 Å². The highest BCUT2D eigenvalue weighted by Gasteiger charge is 2.22. The van der Waals surface area contributed by atoms with Gasteiger partial charge in [-0.2, -0.15) is 0 Å². The van der Waals surface area contributed by atoms with Crippen LogP contribution in [-0.4, -0.2) is 30.3 Å². The Kier molecular flexibility index (Phi) is 6.00. The number of halogens is 1. The zero-order valence-electron chi connectivity index (χ0n) is 13.2. The first-order chi connectivity index (χ1) is 9.96. The molecule has 1 fully saturated rings. The Morgan fingerprint density at radius 3 is 2.62 bits per heavy atom. The Labute approximate surface area is 137 Å². The number of nitrogens with zero attached hydrogens (tertiary/aromatic N) is 1. The minimum absolute atomic E-state index is 0.262. The molecule has 1 saturated heterocycles. The van der Waals surface area contributed by atoms with Gasteiger partial charge in [-0.1, -0.05) is 41.9 Å². The van der Waals surface area contributed by atoms with E-state index in [4.69, 9.17) is 0 Å². The molecule has 0 radical (unpaired) electrons. The van der Waals surface area contributed by atoms with Crippen LogP contribution < -0.4 is 0 Å². The maximum absolute atomic E-state index is 12.1. The summed E-state index contributed by atoms with van der Waals surface area (Å²) in [5.41, 5.74) is 1.32. The Hall–Kier alpha value is -0.670. The number of hydrogen-bond acceptors (Lipinski definition) is 2. The van der Waals surface area contributed by atoms with Gasteiger partial charge in [0.05, 0.1) is 0 Å². The molecule has 3 heteroatoms. The summed E-state index contributed by atoms with van der Waals surface area (Å²) in [7, 11) is 0. The molecule has 0 spiro atoms. The van der Waals surface area contributed by atoms with E-state index >= 15 is 0 Å². The van der Waals surface area contributed by atoms with E-state index in [1.807, 2.05) is 24.3 Å². The predicted molar refractivity (Wildman–Crippen MR) is 91.8 cm³/mol. The first-order valence-electron chi connectivity index (χ1n) is 7.97. The topological polar surface area (TPSA) is 20.3 Å². The molecule has 0 saturated carbocycles.